The number of hydrogen-bond donors (Lipinski definition) is 0. The number of unbranched alkanes of at least 4 members (excludes halogenated alkanes) is 1. The first-order chi connectivity index (χ1) is 12.1. The second-order valence-corrected chi connectivity index (χ2v) is 6.49. The lowest BCUT2D eigenvalue weighted by atomic mass is 9.99. The molecule has 0 amide bonds. The van der Waals surface area contributed by atoms with E-state index in [0.717, 1.165) is 12.1 Å². The van der Waals surface area contributed by atoms with Crippen LogP contribution in [-0.2, 0) is 0 Å². The highest BCUT2D eigenvalue weighted by molar-refractivity contribution is 14.1. The third-order valence-corrected chi connectivity index (χ3v) is 4.19. The summed E-state index contributed by atoms with van der Waals surface area (Å²) >= 11 is 1.48. The summed E-state index contributed by atoms with van der Waals surface area (Å²) in [5.74, 6) is -22.5. The van der Waals surface area contributed by atoms with Crippen molar-refractivity contribution in [2.24, 2.45) is 0 Å². The van der Waals surface area contributed by atoms with Gasteiger partial charge in [0.05, 0.1) is 10.2 Å². The number of hydrogen-bond acceptors (Lipinski definition) is 1. The fourth-order valence-corrected chi connectivity index (χ4v) is 2.23. The second-order valence-electron chi connectivity index (χ2n) is 5.33. The van der Waals surface area contributed by atoms with Gasteiger partial charge in [-0.3, -0.25) is 0 Å². The molecule has 0 aliphatic heterocycles. The molecule has 1 aromatic rings. The number of halogens is 12. The molecule has 1 aromatic carbocycles. The molecule has 0 aromatic heterocycles. The molecule has 0 unspecified atom stereocenters. The third kappa shape index (κ3) is 4.88. The van der Waals surface area contributed by atoms with Gasteiger partial charge in [-0.15, -0.1) is 0 Å². The Balaban J connectivity index is 2.64. The van der Waals surface area contributed by atoms with Crippen LogP contribution in [0.5, 0.6) is 5.75 Å². The van der Waals surface area contributed by atoms with Crippen LogP contribution in [0, 0.1) is 15.2 Å². The molecule has 0 aliphatic carbocycles. The topological polar surface area (TPSA) is 9.23 Å². The predicted molar refractivity (Wildman–Crippen MR) is 79.3 cm³/mol. The molecule has 0 aliphatic rings. The molecule has 0 bridgehead atoms. The molecule has 0 radical (unpaired) electrons. The molecule has 0 saturated carbocycles. The van der Waals surface area contributed by atoms with Crippen LogP contribution in [0.4, 0.5) is 48.3 Å². The number of alkyl halides is 9. The summed E-state index contributed by atoms with van der Waals surface area (Å²) < 4.78 is 145. The van der Waals surface area contributed by atoms with Gasteiger partial charge < -0.3 is 4.74 Å². The van der Waals surface area contributed by atoms with E-state index in [9.17, 15) is 48.3 Å². The van der Waals surface area contributed by atoms with E-state index in [-0.39, 0.29) is 3.57 Å². The van der Waals surface area contributed by atoms with Crippen LogP contribution in [-0.4, -0.2) is 30.6 Å². The fraction of sp³-hybridized carbons (Fsp3) is 0.571. The van der Waals surface area contributed by atoms with E-state index in [1.165, 1.54) is 22.6 Å². The van der Waals surface area contributed by atoms with Gasteiger partial charge in [-0.1, -0.05) is 0 Å². The van der Waals surface area contributed by atoms with Gasteiger partial charge in [-0.25, -0.2) is 4.39 Å². The van der Waals surface area contributed by atoms with Crippen LogP contribution in [0.1, 0.15) is 19.3 Å². The predicted octanol–water partition coefficient (Wildman–Crippen LogP) is 6.59. The van der Waals surface area contributed by atoms with Crippen LogP contribution >= 0.6 is 22.6 Å². The molecule has 1 nitrogen and oxygen atoms in total. The number of benzene rings is 1. The van der Waals surface area contributed by atoms with E-state index in [1.807, 2.05) is 0 Å². The molecule has 27 heavy (non-hydrogen) atoms. The van der Waals surface area contributed by atoms with Gasteiger partial charge in [0.1, 0.15) is 0 Å². The molecule has 0 spiro atoms. The zero-order chi connectivity index (χ0) is 21.3. The fourth-order valence-electron chi connectivity index (χ4n) is 1.82. The van der Waals surface area contributed by atoms with Gasteiger partial charge in [0.15, 0.2) is 11.6 Å². The van der Waals surface area contributed by atoms with Crippen molar-refractivity contribution in [3.63, 3.8) is 0 Å². The molecule has 0 saturated heterocycles. The standard InChI is InChI=1S/C14H10F11IO/c15-9-7(26)3-4-8(10(9)16)27-6-2-1-5-11(17,18)12(19,20)13(21,22)14(23,24)25/h3-4H,1-2,5-6H2. The van der Waals surface area contributed by atoms with E-state index in [2.05, 4.69) is 0 Å². The molecular formula is C14H10F11IO. The maximum atomic E-state index is 13.4. The smallest absolute Gasteiger partial charge is 0.460 e. The monoisotopic (exact) mass is 530 g/mol. The molecule has 1 rings (SSSR count). The quantitative estimate of drug-likeness (QED) is 0.160. The average molecular weight is 530 g/mol. The Morgan fingerprint density at radius 3 is 1.85 bits per heavy atom. The lowest BCUT2D eigenvalue weighted by Crippen LogP contribution is -2.60. The molecule has 0 N–H and O–H groups in total. The van der Waals surface area contributed by atoms with Crippen LogP contribution in [0.15, 0.2) is 12.1 Å². The Hall–Kier alpha value is -1.02. The van der Waals surface area contributed by atoms with Crippen LogP contribution in [0.3, 0.4) is 0 Å². The van der Waals surface area contributed by atoms with Gasteiger partial charge >= 0.3 is 23.9 Å². The Labute approximate surface area is 159 Å². The summed E-state index contributed by atoms with van der Waals surface area (Å²) in [5.41, 5.74) is 0. The second kappa shape index (κ2) is 8.15. The van der Waals surface area contributed by atoms with Crippen LogP contribution in [0.25, 0.3) is 0 Å². The molecule has 0 atom stereocenters. The van der Waals surface area contributed by atoms with E-state index >= 15 is 0 Å². The summed E-state index contributed by atoms with van der Waals surface area (Å²) in [6, 6.07) is 2.13. The SMILES string of the molecule is Fc1c(I)ccc(OCCCCC(F)(F)C(F)(F)C(F)(F)C(F)(F)F)c1F. The summed E-state index contributed by atoms with van der Waals surface area (Å²) in [6.07, 6.45) is -10.3. The first-order valence-electron chi connectivity index (χ1n) is 7.02. The van der Waals surface area contributed by atoms with Gasteiger partial charge in [0.25, 0.3) is 0 Å². The highest BCUT2D eigenvalue weighted by atomic mass is 127. The first kappa shape index (κ1) is 24.0. The average Bonchev–Trinajstić information content (AvgIpc) is 2.52. The zero-order valence-electron chi connectivity index (χ0n) is 12.9. The largest absolute Gasteiger partial charge is 0.490 e. The van der Waals surface area contributed by atoms with Gasteiger partial charge in [0, 0.05) is 6.42 Å². The van der Waals surface area contributed by atoms with Crippen molar-refractivity contribution in [2.75, 3.05) is 6.61 Å². The lowest BCUT2D eigenvalue weighted by Gasteiger charge is -2.33. The number of ether oxygens (including phenoxy) is 1. The lowest BCUT2D eigenvalue weighted by molar-refractivity contribution is -0.396. The van der Waals surface area contributed by atoms with E-state index in [4.69, 9.17) is 4.74 Å². The summed E-state index contributed by atoms with van der Waals surface area (Å²) in [4.78, 5) is 0. The van der Waals surface area contributed by atoms with Crippen molar-refractivity contribution >= 4 is 22.6 Å². The van der Waals surface area contributed by atoms with E-state index in [1.54, 1.807) is 0 Å². The Morgan fingerprint density at radius 2 is 1.33 bits per heavy atom. The Morgan fingerprint density at radius 1 is 0.778 bits per heavy atom. The summed E-state index contributed by atoms with van der Waals surface area (Å²) in [5, 5.41) is 0. The number of rotatable bonds is 8. The van der Waals surface area contributed by atoms with Gasteiger partial charge in [0.2, 0.25) is 5.82 Å². The van der Waals surface area contributed by atoms with Crippen molar-refractivity contribution in [1.82, 2.24) is 0 Å². The minimum Gasteiger partial charge on any atom is -0.490 e. The highest BCUT2D eigenvalue weighted by Gasteiger charge is 2.81. The van der Waals surface area contributed by atoms with Crippen LogP contribution < -0.4 is 4.74 Å². The summed E-state index contributed by atoms with van der Waals surface area (Å²) in [7, 11) is 0. The zero-order valence-corrected chi connectivity index (χ0v) is 15.1. The van der Waals surface area contributed by atoms with Gasteiger partial charge in [-0.05, 0) is 47.6 Å². The first-order valence-corrected chi connectivity index (χ1v) is 8.10. The normalized spacial score (nSPS) is 13.8. The molecule has 13 heteroatoms. The van der Waals surface area contributed by atoms with E-state index in [0.29, 0.717) is 0 Å². The van der Waals surface area contributed by atoms with Gasteiger partial charge in [-0.2, -0.15) is 43.9 Å². The minimum absolute atomic E-state index is 0.0788. The molecule has 0 heterocycles. The van der Waals surface area contributed by atoms with Crippen molar-refractivity contribution in [3.05, 3.63) is 27.3 Å². The Kier molecular flexibility index (Phi) is 7.25. The van der Waals surface area contributed by atoms with Crippen molar-refractivity contribution < 1.29 is 53.0 Å². The molecular weight excluding hydrogens is 520 g/mol. The summed E-state index contributed by atoms with van der Waals surface area (Å²) in [6.45, 7) is -0.589. The van der Waals surface area contributed by atoms with Crippen molar-refractivity contribution in [3.8, 4) is 5.75 Å². The molecule has 156 valence electrons. The third-order valence-electron chi connectivity index (χ3n) is 3.35. The maximum Gasteiger partial charge on any atom is 0.460 e. The maximum absolute atomic E-state index is 13.4. The van der Waals surface area contributed by atoms with Crippen molar-refractivity contribution in [1.29, 1.82) is 0 Å². The van der Waals surface area contributed by atoms with Crippen LogP contribution in [0.2, 0.25) is 0 Å². The Bertz CT molecular complexity index is 657. The minimum atomic E-state index is -6.93. The highest BCUT2D eigenvalue weighted by Crippen LogP contribution is 2.54. The van der Waals surface area contributed by atoms with Crippen molar-refractivity contribution in [2.45, 2.75) is 43.2 Å². The van der Waals surface area contributed by atoms with E-state index < -0.39 is 67.2 Å². The molecule has 0 fully saturated rings.